The molecular formula is C21H14ClF3N4O3. The van der Waals surface area contributed by atoms with Crippen molar-refractivity contribution in [1.82, 2.24) is 14.5 Å². The largest absolute Gasteiger partial charge is 0.417 e. The van der Waals surface area contributed by atoms with Crippen molar-refractivity contribution in [2.24, 2.45) is 7.05 Å². The first-order valence-electron chi connectivity index (χ1n) is 9.12. The molecule has 2 aromatic carbocycles. The number of aryl methyl sites for hydroxylation is 1. The first kappa shape index (κ1) is 21.4. The SMILES string of the molecule is Cn1c(Nc2ccc(Cl)c(C(F)(F)F)c2)nc2cc(OOC(=O)c3ccccn3)ccc21. The minimum absolute atomic E-state index is 0.0825. The maximum Gasteiger partial charge on any atom is 0.417 e. The quantitative estimate of drug-likeness (QED) is 0.310. The molecule has 32 heavy (non-hydrogen) atoms. The van der Waals surface area contributed by atoms with E-state index in [1.165, 1.54) is 24.4 Å². The summed E-state index contributed by atoms with van der Waals surface area (Å²) in [4.78, 5) is 30.0. The molecule has 4 rings (SSSR count). The molecule has 0 bridgehead atoms. The van der Waals surface area contributed by atoms with E-state index in [2.05, 4.69) is 15.3 Å². The molecule has 0 radical (unpaired) electrons. The monoisotopic (exact) mass is 462 g/mol. The summed E-state index contributed by atoms with van der Waals surface area (Å²) in [7, 11) is 1.69. The second kappa shape index (κ2) is 8.39. The van der Waals surface area contributed by atoms with Crippen LogP contribution in [0.15, 0.2) is 60.8 Å². The Bertz CT molecular complexity index is 1290. The topological polar surface area (TPSA) is 78.3 Å². The van der Waals surface area contributed by atoms with Gasteiger partial charge in [0.2, 0.25) is 5.95 Å². The Labute approximate surface area is 184 Å². The molecule has 2 aromatic heterocycles. The van der Waals surface area contributed by atoms with Crippen molar-refractivity contribution in [3.8, 4) is 5.75 Å². The zero-order valence-corrected chi connectivity index (χ0v) is 17.1. The number of hydrogen-bond acceptors (Lipinski definition) is 6. The molecule has 4 aromatic rings. The van der Waals surface area contributed by atoms with Crippen molar-refractivity contribution in [3.05, 3.63) is 77.1 Å². The van der Waals surface area contributed by atoms with Crippen molar-refractivity contribution in [3.63, 3.8) is 0 Å². The van der Waals surface area contributed by atoms with Gasteiger partial charge in [-0.2, -0.15) is 13.2 Å². The Morgan fingerprint density at radius 1 is 1.12 bits per heavy atom. The van der Waals surface area contributed by atoms with Gasteiger partial charge < -0.3 is 9.88 Å². The molecule has 0 spiro atoms. The predicted octanol–water partition coefficient (Wildman–Crippen LogP) is 5.53. The van der Waals surface area contributed by atoms with E-state index in [1.54, 1.807) is 35.9 Å². The zero-order chi connectivity index (χ0) is 22.9. The van der Waals surface area contributed by atoms with E-state index in [-0.39, 0.29) is 23.1 Å². The van der Waals surface area contributed by atoms with Crippen molar-refractivity contribution in [2.45, 2.75) is 6.18 Å². The van der Waals surface area contributed by atoms with Crippen LogP contribution in [0, 0.1) is 0 Å². The number of carbonyl (C=O) groups excluding carboxylic acids is 1. The van der Waals surface area contributed by atoms with Crippen LogP contribution in [0.4, 0.5) is 24.8 Å². The lowest BCUT2D eigenvalue weighted by molar-refractivity contribution is -0.149. The number of anilines is 2. The number of alkyl halides is 3. The number of imidazole rings is 1. The molecule has 0 aliphatic carbocycles. The minimum Gasteiger partial charge on any atom is -0.326 e. The van der Waals surface area contributed by atoms with Crippen LogP contribution in [-0.4, -0.2) is 20.5 Å². The van der Waals surface area contributed by atoms with E-state index in [0.29, 0.717) is 11.0 Å². The van der Waals surface area contributed by atoms with Crippen molar-refractivity contribution in [1.29, 1.82) is 0 Å². The fourth-order valence-corrected chi connectivity index (χ4v) is 3.13. The van der Waals surface area contributed by atoms with Gasteiger partial charge in [0, 0.05) is 25.0 Å². The van der Waals surface area contributed by atoms with Gasteiger partial charge in [0.25, 0.3) is 0 Å². The van der Waals surface area contributed by atoms with Gasteiger partial charge >= 0.3 is 12.1 Å². The Balaban J connectivity index is 1.54. The lowest BCUT2D eigenvalue weighted by Gasteiger charge is -2.12. The molecule has 11 heteroatoms. The first-order valence-corrected chi connectivity index (χ1v) is 9.50. The van der Waals surface area contributed by atoms with Crippen LogP contribution >= 0.6 is 11.6 Å². The van der Waals surface area contributed by atoms with Gasteiger partial charge in [0.15, 0.2) is 11.4 Å². The van der Waals surface area contributed by atoms with Crippen LogP contribution < -0.4 is 10.2 Å². The van der Waals surface area contributed by atoms with Crippen LogP contribution in [0.1, 0.15) is 16.1 Å². The van der Waals surface area contributed by atoms with Crippen LogP contribution in [0.25, 0.3) is 11.0 Å². The summed E-state index contributed by atoms with van der Waals surface area (Å²) >= 11 is 5.67. The molecule has 164 valence electrons. The highest BCUT2D eigenvalue weighted by molar-refractivity contribution is 6.31. The number of fused-ring (bicyclic) bond motifs is 1. The summed E-state index contributed by atoms with van der Waals surface area (Å²) in [6.45, 7) is 0. The van der Waals surface area contributed by atoms with Crippen LogP contribution in [0.5, 0.6) is 5.75 Å². The third-order valence-electron chi connectivity index (χ3n) is 4.47. The molecule has 0 saturated carbocycles. The van der Waals surface area contributed by atoms with Gasteiger partial charge in [0.05, 0.1) is 21.6 Å². The third kappa shape index (κ3) is 4.45. The maximum absolute atomic E-state index is 13.1. The van der Waals surface area contributed by atoms with E-state index in [0.717, 1.165) is 12.1 Å². The molecule has 0 amide bonds. The summed E-state index contributed by atoms with van der Waals surface area (Å²) in [6.07, 6.45) is -3.14. The average Bonchev–Trinajstić information content (AvgIpc) is 3.07. The van der Waals surface area contributed by atoms with E-state index in [1.807, 2.05) is 0 Å². The standard InChI is InChI=1S/C21H14ClF3N4O3/c1-29-18-8-6-13(31-32-19(30)16-4-2-3-9-26-16)11-17(18)28-20(29)27-12-5-7-15(22)14(10-12)21(23,24)25/h2-11H,1H3,(H,27,28). The van der Waals surface area contributed by atoms with Crippen LogP contribution in [0.3, 0.4) is 0 Å². The number of aromatic nitrogens is 3. The predicted molar refractivity (Wildman–Crippen MR) is 111 cm³/mol. The normalized spacial score (nSPS) is 11.4. The Morgan fingerprint density at radius 3 is 2.66 bits per heavy atom. The molecule has 7 nitrogen and oxygen atoms in total. The second-order valence-corrected chi connectivity index (χ2v) is 7.04. The number of carbonyl (C=O) groups is 1. The summed E-state index contributed by atoms with van der Waals surface area (Å²) in [5.74, 6) is -0.271. The molecule has 0 unspecified atom stereocenters. The van der Waals surface area contributed by atoms with Crippen LogP contribution in [-0.2, 0) is 18.1 Å². The molecule has 2 heterocycles. The number of benzene rings is 2. The lowest BCUT2D eigenvalue weighted by atomic mass is 10.2. The molecule has 0 atom stereocenters. The zero-order valence-electron chi connectivity index (χ0n) is 16.4. The highest BCUT2D eigenvalue weighted by Gasteiger charge is 2.33. The molecule has 1 N–H and O–H groups in total. The number of halogens is 4. The van der Waals surface area contributed by atoms with Gasteiger partial charge in [-0.25, -0.2) is 19.7 Å². The van der Waals surface area contributed by atoms with Crippen LogP contribution in [0.2, 0.25) is 5.02 Å². The summed E-state index contributed by atoms with van der Waals surface area (Å²) in [5, 5.41) is 2.46. The first-order chi connectivity index (χ1) is 15.2. The summed E-state index contributed by atoms with van der Waals surface area (Å²) < 4.78 is 41.0. The van der Waals surface area contributed by atoms with Crippen molar-refractivity contribution < 1.29 is 27.7 Å². The van der Waals surface area contributed by atoms with Crippen molar-refractivity contribution in [2.75, 3.05) is 5.32 Å². The number of pyridine rings is 1. The Hall–Kier alpha value is -3.79. The number of nitrogens with one attached hydrogen (secondary N) is 1. The van der Waals surface area contributed by atoms with Gasteiger partial charge in [-0.15, -0.1) is 0 Å². The van der Waals surface area contributed by atoms with E-state index < -0.39 is 22.7 Å². The Kier molecular flexibility index (Phi) is 5.62. The summed E-state index contributed by atoms with van der Waals surface area (Å²) in [5.41, 5.74) is 0.431. The van der Waals surface area contributed by atoms with Gasteiger partial charge in [-0.1, -0.05) is 17.7 Å². The number of hydrogen-bond donors (Lipinski definition) is 1. The molecule has 0 fully saturated rings. The fourth-order valence-electron chi connectivity index (χ4n) is 2.90. The van der Waals surface area contributed by atoms with E-state index >= 15 is 0 Å². The second-order valence-electron chi connectivity index (χ2n) is 6.63. The molecule has 0 aliphatic rings. The van der Waals surface area contributed by atoms with Gasteiger partial charge in [-0.05, 0) is 42.5 Å². The molecule has 0 aliphatic heterocycles. The third-order valence-corrected chi connectivity index (χ3v) is 4.80. The van der Waals surface area contributed by atoms with Crippen molar-refractivity contribution >= 4 is 40.2 Å². The molecular weight excluding hydrogens is 449 g/mol. The fraction of sp³-hybridized carbons (Fsp3) is 0.0952. The number of rotatable bonds is 5. The van der Waals surface area contributed by atoms with Gasteiger partial charge in [0.1, 0.15) is 0 Å². The Morgan fingerprint density at radius 2 is 1.94 bits per heavy atom. The molecule has 0 saturated heterocycles. The number of nitrogens with zero attached hydrogens (tertiary/aromatic N) is 3. The summed E-state index contributed by atoms with van der Waals surface area (Å²) in [6, 6.07) is 13.0. The minimum atomic E-state index is -4.58. The van der Waals surface area contributed by atoms with Gasteiger partial charge in [-0.3, -0.25) is 4.89 Å². The average molecular weight is 463 g/mol. The van der Waals surface area contributed by atoms with E-state index in [4.69, 9.17) is 21.4 Å². The highest BCUT2D eigenvalue weighted by atomic mass is 35.5. The maximum atomic E-state index is 13.1. The lowest BCUT2D eigenvalue weighted by Crippen LogP contribution is -2.09. The highest BCUT2D eigenvalue weighted by Crippen LogP contribution is 2.37. The smallest absolute Gasteiger partial charge is 0.326 e. The van der Waals surface area contributed by atoms with E-state index in [9.17, 15) is 18.0 Å².